The van der Waals surface area contributed by atoms with Crippen molar-refractivity contribution in [3.8, 4) is 11.6 Å². The van der Waals surface area contributed by atoms with Crippen LogP contribution in [0.3, 0.4) is 0 Å². The topological polar surface area (TPSA) is 83.1 Å². The van der Waals surface area contributed by atoms with Crippen LogP contribution < -0.4 is 4.74 Å². The standard InChI is InChI=1S/C17H22N4O3S/c1-11(2)24-13-6-4-5-12(9-13)14(20(3)7-8-22)15-16(23)21-17(25-15)18-10-19-21/h4-6,9-11,14,22-23H,7-8H2,1-3H3. The zero-order valence-corrected chi connectivity index (χ0v) is 15.3. The number of likely N-dealkylation sites (N-methyl/N-ethyl adjacent to an activating group) is 1. The van der Waals surface area contributed by atoms with Crippen molar-refractivity contribution < 1.29 is 14.9 Å². The molecule has 0 fully saturated rings. The summed E-state index contributed by atoms with van der Waals surface area (Å²) in [5, 5.41) is 24.0. The fourth-order valence-electron chi connectivity index (χ4n) is 2.80. The van der Waals surface area contributed by atoms with E-state index in [-0.39, 0.29) is 24.6 Å². The molecular formula is C17H22N4O3S. The molecule has 25 heavy (non-hydrogen) atoms. The van der Waals surface area contributed by atoms with E-state index < -0.39 is 0 Å². The average Bonchev–Trinajstić information content (AvgIpc) is 3.12. The number of nitrogens with zero attached hydrogens (tertiary/aromatic N) is 4. The van der Waals surface area contributed by atoms with E-state index in [0.29, 0.717) is 11.5 Å². The van der Waals surface area contributed by atoms with Crippen molar-refractivity contribution in [2.75, 3.05) is 20.2 Å². The molecule has 0 amide bonds. The summed E-state index contributed by atoms with van der Waals surface area (Å²) in [4.78, 5) is 7.50. The number of aromatic nitrogens is 3. The van der Waals surface area contributed by atoms with Crippen LogP contribution in [0.25, 0.3) is 4.96 Å². The molecule has 0 spiro atoms. The SMILES string of the molecule is CC(C)Oc1cccc(C(c2sc3ncnn3c2O)N(C)CCO)c1. The molecule has 3 rings (SSSR count). The number of thiazole rings is 1. The van der Waals surface area contributed by atoms with Gasteiger partial charge in [0.1, 0.15) is 12.1 Å². The van der Waals surface area contributed by atoms with Gasteiger partial charge in [-0.1, -0.05) is 23.5 Å². The van der Waals surface area contributed by atoms with E-state index in [1.54, 1.807) is 0 Å². The normalized spacial score (nSPS) is 13.0. The summed E-state index contributed by atoms with van der Waals surface area (Å²) in [5.41, 5.74) is 0.967. The Morgan fingerprint density at radius 3 is 2.84 bits per heavy atom. The monoisotopic (exact) mass is 362 g/mol. The molecule has 1 unspecified atom stereocenters. The Labute approximate surface area is 150 Å². The maximum absolute atomic E-state index is 10.6. The van der Waals surface area contributed by atoms with Gasteiger partial charge >= 0.3 is 0 Å². The minimum atomic E-state index is -0.239. The Kier molecular flexibility index (Phi) is 5.22. The molecule has 1 aromatic carbocycles. The van der Waals surface area contributed by atoms with Crippen LogP contribution in [-0.2, 0) is 0 Å². The quantitative estimate of drug-likeness (QED) is 0.671. The Balaban J connectivity index is 2.06. The summed E-state index contributed by atoms with van der Waals surface area (Å²) >= 11 is 1.38. The lowest BCUT2D eigenvalue weighted by molar-refractivity contribution is 0.196. The van der Waals surface area contributed by atoms with E-state index in [1.807, 2.05) is 50.1 Å². The van der Waals surface area contributed by atoms with E-state index in [4.69, 9.17) is 4.74 Å². The van der Waals surface area contributed by atoms with Gasteiger partial charge in [0, 0.05) is 6.54 Å². The predicted octanol–water partition coefficient (Wildman–Crippen LogP) is 2.30. The van der Waals surface area contributed by atoms with Gasteiger partial charge in [-0.25, -0.2) is 4.98 Å². The second kappa shape index (κ2) is 7.38. The Morgan fingerprint density at radius 1 is 1.36 bits per heavy atom. The van der Waals surface area contributed by atoms with E-state index in [9.17, 15) is 10.2 Å². The number of aliphatic hydroxyl groups is 1. The lowest BCUT2D eigenvalue weighted by Crippen LogP contribution is -2.28. The maximum atomic E-state index is 10.6. The molecule has 0 radical (unpaired) electrons. The lowest BCUT2D eigenvalue weighted by atomic mass is 10.0. The molecule has 2 N–H and O–H groups in total. The van der Waals surface area contributed by atoms with Crippen LogP contribution in [0.1, 0.15) is 30.3 Å². The van der Waals surface area contributed by atoms with Crippen LogP contribution in [0.15, 0.2) is 30.6 Å². The number of hydrogen-bond acceptors (Lipinski definition) is 7. The lowest BCUT2D eigenvalue weighted by Gasteiger charge is -2.27. The van der Waals surface area contributed by atoms with E-state index in [2.05, 4.69) is 10.1 Å². The summed E-state index contributed by atoms with van der Waals surface area (Å²) in [5.74, 6) is 0.844. The first kappa shape index (κ1) is 17.7. The van der Waals surface area contributed by atoms with Gasteiger partial charge in [-0.05, 0) is 38.6 Å². The first-order valence-electron chi connectivity index (χ1n) is 8.10. The molecule has 1 atom stereocenters. The van der Waals surface area contributed by atoms with Gasteiger partial charge in [-0.15, -0.1) is 0 Å². The highest BCUT2D eigenvalue weighted by Gasteiger charge is 2.27. The highest BCUT2D eigenvalue weighted by molar-refractivity contribution is 7.17. The molecule has 8 heteroatoms. The van der Waals surface area contributed by atoms with Gasteiger partial charge in [-0.2, -0.15) is 9.61 Å². The number of benzene rings is 1. The van der Waals surface area contributed by atoms with Crippen molar-refractivity contribution in [3.05, 3.63) is 41.0 Å². The van der Waals surface area contributed by atoms with Gasteiger partial charge in [-0.3, -0.25) is 4.90 Å². The summed E-state index contributed by atoms with van der Waals surface area (Å²) in [6.07, 6.45) is 1.49. The van der Waals surface area contributed by atoms with Crippen molar-refractivity contribution in [3.63, 3.8) is 0 Å². The summed E-state index contributed by atoms with van der Waals surface area (Å²) in [6.45, 7) is 4.45. The largest absolute Gasteiger partial charge is 0.492 e. The molecule has 2 heterocycles. The Hall–Kier alpha value is -2.16. The van der Waals surface area contributed by atoms with Crippen LogP contribution in [0.4, 0.5) is 0 Å². The van der Waals surface area contributed by atoms with Gasteiger partial charge in [0.2, 0.25) is 10.8 Å². The molecule has 2 aromatic heterocycles. The van der Waals surface area contributed by atoms with Gasteiger partial charge in [0.25, 0.3) is 0 Å². The molecule has 0 aliphatic rings. The van der Waals surface area contributed by atoms with Crippen LogP contribution in [0.5, 0.6) is 11.6 Å². The Morgan fingerprint density at radius 2 is 2.16 bits per heavy atom. The zero-order chi connectivity index (χ0) is 18.0. The van der Waals surface area contributed by atoms with E-state index in [1.165, 1.54) is 22.2 Å². The number of hydrogen-bond donors (Lipinski definition) is 2. The number of aliphatic hydroxyl groups excluding tert-OH is 1. The second-order valence-corrected chi connectivity index (χ2v) is 7.10. The molecule has 0 aliphatic heterocycles. The number of ether oxygens (including phenoxy) is 1. The molecule has 0 saturated carbocycles. The Bertz CT molecular complexity index is 845. The van der Waals surface area contributed by atoms with Crippen molar-refractivity contribution in [2.24, 2.45) is 0 Å². The first-order chi connectivity index (χ1) is 12.0. The van der Waals surface area contributed by atoms with Crippen LogP contribution >= 0.6 is 11.3 Å². The maximum Gasteiger partial charge on any atom is 0.230 e. The highest BCUT2D eigenvalue weighted by Crippen LogP contribution is 2.39. The number of fused-ring (bicyclic) bond motifs is 1. The highest BCUT2D eigenvalue weighted by atomic mass is 32.1. The average molecular weight is 362 g/mol. The minimum absolute atomic E-state index is 0.0245. The molecule has 0 saturated heterocycles. The molecule has 0 bridgehead atoms. The third-order valence-corrected chi connectivity index (χ3v) is 4.91. The predicted molar refractivity (Wildman–Crippen MR) is 96.3 cm³/mol. The minimum Gasteiger partial charge on any atom is -0.492 e. The summed E-state index contributed by atoms with van der Waals surface area (Å²) in [6, 6.07) is 7.56. The number of aromatic hydroxyl groups is 1. The molecular weight excluding hydrogens is 340 g/mol. The molecule has 3 aromatic rings. The molecule has 134 valence electrons. The fourth-order valence-corrected chi connectivity index (χ4v) is 3.92. The van der Waals surface area contributed by atoms with E-state index in [0.717, 1.165) is 16.2 Å². The third kappa shape index (κ3) is 3.60. The van der Waals surface area contributed by atoms with Gasteiger partial charge < -0.3 is 14.9 Å². The van der Waals surface area contributed by atoms with Crippen molar-refractivity contribution >= 4 is 16.3 Å². The van der Waals surface area contributed by atoms with E-state index >= 15 is 0 Å². The fraction of sp³-hybridized carbons (Fsp3) is 0.412. The molecule has 7 nitrogen and oxygen atoms in total. The zero-order valence-electron chi connectivity index (χ0n) is 14.5. The van der Waals surface area contributed by atoms with Crippen molar-refractivity contribution in [1.82, 2.24) is 19.5 Å². The first-order valence-corrected chi connectivity index (χ1v) is 8.92. The summed E-state index contributed by atoms with van der Waals surface area (Å²) < 4.78 is 7.22. The second-order valence-electron chi connectivity index (χ2n) is 6.09. The van der Waals surface area contributed by atoms with Crippen LogP contribution in [0, 0.1) is 0 Å². The van der Waals surface area contributed by atoms with Crippen LogP contribution in [0.2, 0.25) is 0 Å². The number of rotatable bonds is 7. The van der Waals surface area contributed by atoms with Crippen LogP contribution in [-0.4, -0.2) is 56.0 Å². The van der Waals surface area contributed by atoms with Gasteiger partial charge in [0.05, 0.1) is 23.6 Å². The van der Waals surface area contributed by atoms with Crippen molar-refractivity contribution in [2.45, 2.75) is 26.0 Å². The van der Waals surface area contributed by atoms with Gasteiger partial charge in [0.15, 0.2) is 0 Å². The van der Waals surface area contributed by atoms with Crippen molar-refractivity contribution in [1.29, 1.82) is 0 Å². The summed E-state index contributed by atoms with van der Waals surface area (Å²) in [7, 11) is 1.91. The third-order valence-electron chi connectivity index (χ3n) is 3.83. The smallest absolute Gasteiger partial charge is 0.230 e. The molecule has 0 aliphatic carbocycles.